The van der Waals surface area contributed by atoms with Gasteiger partial charge in [-0.25, -0.2) is 4.39 Å². The fourth-order valence-electron chi connectivity index (χ4n) is 1.14. The maximum atomic E-state index is 12.9. The van der Waals surface area contributed by atoms with Crippen LogP contribution in [0.5, 0.6) is 0 Å². The van der Waals surface area contributed by atoms with Crippen LogP contribution >= 0.6 is 11.6 Å². The highest BCUT2D eigenvalue weighted by Crippen LogP contribution is 2.13. The van der Waals surface area contributed by atoms with Gasteiger partial charge in [0.15, 0.2) is 0 Å². The van der Waals surface area contributed by atoms with Crippen molar-refractivity contribution in [1.82, 2.24) is 0 Å². The highest BCUT2D eigenvalue weighted by molar-refractivity contribution is 6.19. The van der Waals surface area contributed by atoms with Crippen LogP contribution in [0.15, 0.2) is 24.3 Å². The molecule has 0 fully saturated rings. The van der Waals surface area contributed by atoms with Crippen molar-refractivity contribution in [2.24, 2.45) is 0 Å². The Labute approximate surface area is 87.4 Å². The monoisotopic (exact) mass is 209 g/mol. The Bertz CT molecular complexity index is 379. The lowest BCUT2D eigenvalue weighted by atomic mass is 10.0. The number of hydrogen-bond donors (Lipinski definition) is 0. The molecule has 0 unspecified atom stereocenters. The first-order chi connectivity index (χ1) is 6.77. The second-order valence-corrected chi connectivity index (χ2v) is 3.04. The molecule has 3 heteroatoms. The number of hydrogen-bond acceptors (Lipinski definition) is 1. The molecule has 0 saturated heterocycles. The average Bonchev–Trinajstić information content (AvgIpc) is 2.18. The van der Waals surface area contributed by atoms with E-state index < -0.39 is 0 Å². The van der Waals surface area contributed by atoms with E-state index in [4.69, 9.17) is 16.9 Å². The highest BCUT2D eigenvalue weighted by atomic mass is 35.5. The molecule has 0 amide bonds. The Morgan fingerprint density at radius 3 is 2.93 bits per heavy atom. The summed E-state index contributed by atoms with van der Waals surface area (Å²) in [4.78, 5) is 0. The fraction of sp³-hybridized carbons (Fsp3) is 0.182. The van der Waals surface area contributed by atoms with Crippen molar-refractivity contribution in [3.8, 4) is 6.07 Å². The first-order valence-corrected chi connectivity index (χ1v) is 4.69. The molecular weight excluding hydrogens is 201 g/mol. The molecule has 1 aromatic carbocycles. The van der Waals surface area contributed by atoms with Crippen molar-refractivity contribution in [1.29, 1.82) is 5.26 Å². The van der Waals surface area contributed by atoms with Crippen LogP contribution in [0.3, 0.4) is 0 Å². The second kappa shape index (κ2) is 5.41. The summed E-state index contributed by atoms with van der Waals surface area (Å²) >= 11 is 5.48. The summed E-state index contributed by atoms with van der Waals surface area (Å²) in [7, 11) is 0. The van der Waals surface area contributed by atoms with Crippen LogP contribution in [-0.2, 0) is 6.42 Å². The van der Waals surface area contributed by atoms with Crippen LogP contribution < -0.4 is 0 Å². The molecule has 0 heterocycles. The first-order valence-electron chi connectivity index (χ1n) is 4.16. The molecule has 14 heavy (non-hydrogen) atoms. The molecule has 72 valence electrons. The van der Waals surface area contributed by atoms with E-state index in [0.717, 1.165) is 5.56 Å². The van der Waals surface area contributed by atoms with E-state index >= 15 is 0 Å². The SMILES string of the molecule is N#CCc1ccc(F)cc1C=CCCl. The average molecular weight is 210 g/mol. The van der Waals surface area contributed by atoms with Gasteiger partial charge >= 0.3 is 0 Å². The van der Waals surface area contributed by atoms with Crippen molar-refractivity contribution in [3.05, 3.63) is 41.2 Å². The molecule has 1 rings (SSSR count). The lowest BCUT2D eigenvalue weighted by Gasteiger charge is -2.01. The molecule has 0 saturated carbocycles. The van der Waals surface area contributed by atoms with Gasteiger partial charge in [0.25, 0.3) is 0 Å². The van der Waals surface area contributed by atoms with Gasteiger partial charge in [-0.15, -0.1) is 11.6 Å². The minimum absolute atomic E-state index is 0.280. The third-order valence-electron chi connectivity index (χ3n) is 1.76. The molecule has 1 aromatic rings. The largest absolute Gasteiger partial charge is 0.207 e. The zero-order chi connectivity index (χ0) is 10.4. The summed E-state index contributed by atoms with van der Waals surface area (Å²) in [5.41, 5.74) is 1.53. The van der Waals surface area contributed by atoms with Gasteiger partial charge in [-0.3, -0.25) is 0 Å². The number of benzene rings is 1. The van der Waals surface area contributed by atoms with Gasteiger partial charge in [0.1, 0.15) is 5.82 Å². The van der Waals surface area contributed by atoms with Gasteiger partial charge < -0.3 is 0 Å². The van der Waals surface area contributed by atoms with Crippen LogP contribution in [0.1, 0.15) is 11.1 Å². The van der Waals surface area contributed by atoms with Gasteiger partial charge in [-0.05, 0) is 23.3 Å². The predicted octanol–water partition coefficient (Wildman–Crippen LogP) is 3.14. The summed E-state index contributed by atoms with van der Waals surface area (Å²) < 4.78 is 12.9. The van der Waals surface area contributed by atoms with Gasteiger partial charge in [0.05, 0.1) is 12.5 Å². The van der Waals surface area contributed by atoms with E-state index in [1.54, 1.807) is 18.2 Å². The van der Waals surface area contributed by atoms with E-state index in [1.165, 1.54) is 12.1 Å². The van der Waals surface area contributed by atoms with Crippen molar-refractivity contribution >= 4 is 17.7 Å². The predicted molar refractivity (Wildman–Crippen MR) is 55.5 cm³/mol. The van der Waals surface area contributed by atoms with E-state index in [-0.39, 0.29) is 12.2 Å². The second-order valence-electron chi connectivity index (χ2n) is 2.73. The number of alkyl halides is 1. The van der Waals surface area contributed by atoms with Crippen molar-refractivity contribution < 1.29 is 4.39 Å². The minimum atomic E-state index is -0.305. The maximum Gasteiger partial charge on any atom is 0.123 e. The summed E-state index contributed by atoms with van der Waals surface area (Å²) in [6.07, 6.45) is 3.72. The molecule has 0 aliphatic heterocycles. The lowest BCUT2D eigenvalue weighted by Crippen LogP contribution is -1.88. The molecule has 0 N–H and O–H groups in total. The topological polar surface area (TPSA) is 23.8 Å². The molecule has 0 aliphatic carbocycles. The van der Waals surface area contributed by atoms with Gasteiger partial charge in [-0.2, -0.15) is 5.26 Å². The number of nitriles is 1. The van der Waals surface area contributed by atoms with Crippen molar-refractivity contribution in [3.63, 3.8) is 0 Å². The van der Waals surface area contributed by atoms with Crippen LogP contribution in [0.25, 0.3) is 6.08 Å². The van der Waals surface area contributed by atoms with Gasteiger partial charge in [0.2, 0.25) is 0 Å². The summed E-state index contributed by atoms with van der Waals surface area (Å²) in [6.45, 7) is 0. The van der Waals surface area contributed by atoms with Crippen LogP contribution in [0.2, 0.25) is 0 Å². The number of rotatable bonds is 3. The van der Waals surface area contributed by atoms with Gasteiger partial charge in [-0.1, -0.05) is 18.2 Å². The third kappa shape index (κ3) is 2.86. The molecule has 0 aromatic heterocycles. The maximum absolute atomic E-state index is 12.9. The number of allylic oxidation sites excluding steroid dienone is 1. The van der Waals surface area contributed by atoms with Crippen LogP contribution in [0.4, 0.5) is 4.39 Å². The molecule has 0 atom stereocenters. The Morgan fingerprint density at radius 1 is 1.50 bits per heavy atom. The van der Waals surface area contributed by atoms with E-state index in [9.17, 15) is 4.39 Å². The summed E-state index contributed by atoms with van der Waals surface area (Å²) in [5, 5.41) is 8.54. The quantitative estimate of drug-likeness (QED) is 0.702. The van der Waals surface area contributed by atoms with E-state index in [2.05, 4.69) is 0 Å². The lowest BCUT2D eigenvalue weighted by molar-refractivity contribution is 0.627. The molecule has 0 radical (unpaired) electrons. The van der Waals surface area contributed by atoms with E-state index in [1.807, 2.05) is 6.07 Å². The molecule has 0 aliphatic rings. The Hall–Kier alpha value is -1.33. The fourth-order valence-corrected chi connectivity index (χ4v) is 1.23. The summed E-state index contributed by atoms with van der Waals surface area (Å²) in [5.74, 6) is 0.0728. The Kier molecular flexibility index (Phi) is 4.15. The smallest absolute Gasteiger partial charge is 0.123 e. The number of nitrogens with zero attached hydrogens (tertiary/aromatic N) is 1. The van der Waals surface area contributed by atoms with Crippen molar-refractivity contribution in [2.75, 3.05) is 5.88 Å². The molecule has 0 spiro atoms. The van der Waals surface area contributed by atoms with E-state index in [0.29, 0.717) is 11.4 Å². The zero-order valence-electron chi connectivity index (χ0n) is 7.50. The normalized spacial score (nSPS) is 10.4. The van der Waals surface area contributed by atoms with Crippen molar-refractivity contribution in [2.45, 2.75) is 6.42 Å². The standard InChI is InChI=1S/C11H9ClFN/c12-6-1-2-10-8-11(13)4-3-9(10)5-7-14/h1-4,8H,5-6H2. The Morgan fingerprint density at radius 2 is 2.29 bits per heavy atom. The molecular formula is C11H9ClFN. The van der Waals surface area contributed by atoms with Crippen LogP contribution in [0, 0.1) is 17.1 Å². The third-order valence-corrected chi connectivity index (χ3v) is 1.94. The minimum Gasteiger partial charge on any atom is -0.207 e. The molecule has 1 nitrogen and oxygen atoms in total. The summed E-state index contributed by atoms with van der Waals surface area (Å²) in [6, 6.07) is 6.40. The highest BCUT2D eigenvalue weighted by Gasteiger charge is 2.00. The zero-order valence-corrected chi connectivity index (χ0v) is 8.26. The number of halogens is 2. The Balaban J connectivity index is 3.03. The molecule has 0 bridgehead atoms. The van der Waals surface area contributed by atoms with Gasteiger partial charge in [0, 0.05) is 5.88 Å². The first kappa shape index (κ1) is 10.7. The van der Waals surface area contributed by atoms with Crippen LogP contribution in [-0.4, -0.2) is 5.88 Å².